The van der Waals surface area contributed by atoms with Crippen LogP contribution in [0.5, 0.6) is 0 Å². The Morgan fingerprint density at radius 1 is 1.27 bits per heavy atom. The van der Waals surface area contributed by atoms with Crippen LogP contribution in [0.2, 0.25) is 0 Å². The lowest BCUT2D eigenvalue weighted by atomic mass is 9.86. The zero-order valence-corrected chi connectivity index (χ0v) is 9.50. The summed E-state index contributed by atoms with van der Waals surface area (Å²) in [7, 11) is 0. The lowest BCUT2D eigenvalue weighted by molar-refractivity contribution is 0.214. The molecule has 0 radical (unpaired) electrons. The lowest BCUT2D eigenvalue weighted by Gasteiger charge is -2.22. The second-order valence-electron chi connectivity index (χ2n) is 4.87. The van der Waals surface area contributed by atoms with E-state index >= 15 is 0 Å². The van der Waals surface area contributed by atoms with Gasteiger partial charge in [0.05, 0.1) is 0 Å². The van der Waals surface area contributed by atoms with Gasteiger partial charge in [-0.2, -0.15) is 0 Å². The second-order valence-corrected chi connectivity index (χ2v) is 4.87. The first kappa shape index (κ1) is 10.8. The van der Waals surface area contributed by atoms with Gasteiger partial charge in [-0.15, -0.1) is 0 Å². The molecule has 1 aliphatic heterocycles. The Bertz CT molecular complexity index is 212. The maximum Gasteiger partial charge on any atom is 0.317 e. The monoisotopic (exact) mass is 210 g/mol. The van der Waals surface area contributed by atoms with E-state index in [2.05, 4.69) is 5.32 Å². The summed E-state index contributed by atoms with van der Waals surface area (Å²) in [5.41, 5.74) is 0. The predicted molar refractivity (Wildman–Crippen MR) is 60.8 cm³/mol. The molecule has 1 heterocycles. The van der Waals surface area contributed by atoms with E-state index in [4.69, 9.17) is 0 Å². The summed E-state index contributed by atoms with van der Waals surface area (Å²) in [6, 6.07) is 0.138. The molecule has 0 atom stereocenters. The van der Waals surface area contributed by atoms with Crippen molar-refractivity contribution in [2.45, 2.75) is 44.9 Å². The van der Waals surface area contributed by atoms with Crippen molar-refractivity contribution in [3.05, 3.63) is 0 Å². The minimum Gasteiger partial charge on any atom is -0.336 e. The second kappa shape index (κ2) is 5.38. The summed E-state index contributed by atoms with van der Waals surface area (Å²) in [5, 5.41) is 2.85. The molecule has 0 aromatic carbocycles. The van der Waals surface area contributed by atoms with Crippen molar-refractivity contribution >= 4 is 6.03 Å². The first-order valence-corrected chi connectivity index (χ1v) is 6.39. The molecule has 2 rings (SSSR count). The first-order valence-electron chi connectivity index (χ1n) is 6.39. The Kier molecular flexibility index (Phi) is 3.87. The average Bonchev–Trinajstić information content (AvgIpc) is 2.66. The summed E-state index contributed by atoms with van der Waals surface area (Å²) in [5.74, 6) is 0.949. The molecule has 1 aliphatic carbocycles. The largest absolute Gasteiger partial charge is 0.336 e. The quantitative estimate of drug-likeness (QED) is 0.759. The Morgan fingerprint density at radius 3 is 2.73 bits per heavy atom. The molecule has 0 aromatic heterocycles. The normalized spacial score (nSPS) is 23.2. The Morgan fingerprint density at radius 2 is 2.07 bits per heavy atom. The average molecular weight is 210 g/mol. The van der Waals surface area contributed by atoms with E-state index in [9.17, 15) is 4.79 Å². The van der Waals surface area contributed by atoms with Crippen molar-refractivity contribution in [3.63, 3.8) is 0 Å². The molecule has 1 saturated carbocycles. The zero-order valence-electron chi connectivity index (χ0n) is 9.50. The number of nitrogens with zero attached hydrogens (tertiary/aromatic N) is 1. The van der Waals surface area contributed by atoms with Crippen LogP contribution in [-0.4, -0.2) is 30.6 Å². The molecule has 0 aromatic rings. The van der Waals surface area contributed by atoms with Crippen LogP contribution in [0.25, 0.3) is 0 Å². The third-order valence-corrected chi connectivity index (χ3v) is 3.71. The van der Waals surface area contributed by atoms with Crippen LogP contribution in [0.3, 0.4) is 0 Å². The minimum absolute atomic E-state index is 0.138. The molecule has 0 bridgehead atoms. The molecule has 15 heavy (non-hydrogen) atoms. The van der Waals surface area contributed by atoms with Crippen LogP contribution < -0.4 is 5.32 Å². The topological polar surface area (TPSA) is 32.3 Å². The fraction of sp³-hybridized carbons (Fsp3) is 0.917. The van der Waals surface area contributed by atoms with Crippen LogP contribution in [0.15, 0.2) is 0 Å². The minimum atomic E-state index is 0.138. The molecule has 0 unspecified atom stereocenters. The van der Waals surface area contributed by atoms with E-state index in [-0.39, 0.29) is 6.03 Å². The van der Waals surface area contributed by atoms with Crippen LogP contribution in [0.1, 0.15) is 44.9 Å². The van der Waals surface area contributed by atoms with Gasteiger partial charge in [-0.3, -0.25) is 0 Å². The predicted octanol–water partition coefficient (Wildman–Crippen LogP) is 2.37. The van der Waals surface area contributed by atoms with Gasteiger partial charge in [0.1, 0.15) is 0 Å². The number of urea groups is 1. The van der Waals surface area contributed by atoms with E-state index in [0.717, 1.165) is 25.6 Å². The summed E-state index contributed by atoms with van der Waals surface area (Å²) in [6.07, 6.45) is 9.65. The maximum atomic E-state index is 11.3. The van der Waals surface area contributed by atoms with Crippen LogP contribution in [0.4, 0.5) is 4.79 Å². The summed E-state index contributed by atoms with van der Waals surface area (Å²) < 4.78 is 0. The molecule has 2 amide bonds. The number of hydrogen-bond acceptors (Lipinski definition) is 1. The summed E-state index contributed by atoms with van der Waals surface area (Å²) in [6.45, 7) is 2.70. The molecule has 1 N–H and O–H groups in total. The fourth-order valence-electron chi connectivity index (χ4n) is 2.77. The van der Waals surface area contributed by atoms with Crippen LogP contribution in [-0.2, 0) is 0 Å². The van der Waals surface area contributed by atoms with E-state index in [1.165, 1.54) is 44.9 Å². The fourth-order valence-corrected chi connectivity index (χ4v) is 2.77. The third-order valence-electron chi connectivity index (χ3n) is 3.71. The zero-order chi connectivity index (χ0) is 10.5. The molecule has 3 heteroatoms. The number of nitrogens with one attached hydrogen (secondary N) is 1. The number of amides is 2. The van der Waals surface area contributed by atoms with Crippen molar-refractivity contribution in [3.8, 4) is 0 Å². The lowest BCUT2D eigenvalue weighted by Crippen LogP contribution is -2.29. The molecule has 2 fully saturated rings. The van der Waals surface area contributed by atoms with Gasteiger partial charge >= 0.3 is 6.03 Å². The van der Waals surface area contributed by atoms with Gasteiger partial charge in [-0.25, -0.2) is 4.79 Å². The van der Waals surface area contributed by atoms with E-state index < -0.39 is 0 Å². The highest BCUT2D eigenvalue weighted by Gasteiger charge is 2.19. The van der Waals surface area contributed by atoms with Crippen molar-refractivity contribution < 1.29 is 4.79 Å². The van der Waals surface area contributed by atoms with Gasteiger partial charge in [-0.1, -0.05) is 32.1 Å². The molecular formula is C12H22N2O. The van der Waals surface area contributed by atoms with Crippen molar-refractivity contribution in [1.82, 2.24) is 10.2 Å². The third kappa shape index (κ3) is 3.11. The molecule has 1 saturated heterocycles. The van der Waals surface area contributed by atoms with E-state index in [0.29, 0.717) is 0 Å². The Hall–Kier alpha value is -0.730. The number of carbonyl (C=O) groups excluding carboxylic acids is 1. The Balaban J connectivity index is 1.59. The molecule has 2 aliphatic rings. The van der Waals surface area contributed by atoms with Gasteiger partial charge in [0.2, 0.25) is 0 Å². The smallest absolute Gasteiger partial charge is 0.317 e. The van der Waals surface area contributed by atoms with Gasteiger partial charge in [-0.05, 0) is 18.8 Å². The summed E-state index contributed by atoms with van der Waals surface area (Å²) in [4.78, 5) is 13.2. The van der Waals surface area contributed by atoms with Gasteiger partial charge in [0, 0.05) is 19.6 Å². The number of hydrogen-bond donors (Lipinski definition) is 1. The van der Waals surface area contributed by atoms with Gasteiger partial charge in [0.25, 0.3) is 0 Å². The maximum absolute atomic E-state index is 11.3. The molecule has 0 spiro atoms. The van der Waals surface area contributed by atoms with Gasteiger partial charge < -0.3 is 10.2 Å². The Labute approximate surface area is 92.2 Å². The summed E-state index contributed by atoms with van der Waals surface area (Å²) >= 11 is 0. The highest BCUT2D eigenvalue weighted by molar-refractivity contribution is 5.76. The number of rotatable bonds is 4. The van der Waals surface area contributed by atoms with E-state index in [1.807, 2.05) is 4.90 Å². The standard InChI is InChI=1S/C12H22N2O/c15-12-13-8-10-14(12)9-4-7-11-5-2-1-3-6-11/h11H,1-10H2,(H,13,15). The molecule has 3 nitrogen and oxygen atoms in total. The van der Waals surface area contributed by atoms with Crippen molar-refractivity contribution in [1.29, 1.82) is 0 Å². The number of carbonyl (C=O) groups is 1. The van der Waals surface area contributed by atoms with Crippen molar-refractivity contribution in [2.24, 2.45) is 5.92 Å². The molecular weight excluding hydrogens is 188 g/mol. The SMILES string of the molecule is O=C1NCCN1CCCC1CCCCC1. The van der Waals surface area contributed by atoms with Crippen LogP contribution in [0, 0.1) is 5.92 Å². The highest BCUT2D eigenvalue weighted by Crippen LogP contribution is 2.27. The highest BCUT2D eigenvalue weighted by atomic mass is 16.2. The molecule has 86 valence electrons. The first-order chi connectivity index (χ1) is 7.36. The van der Waals surface area contributed by atoms with Crippen LogP contribution >= 0.6 is 0 Å². The van der Waals surface area contributed by atoms with Crippen molar-refractivity contribution in [2.75, 3.05) is 19.6 Å². The van der Waals surface area contributed by atoms with Gasteiger partial charge in [0.15, 0.2) is 0 Å². The van der Waals surface area contributed by atoms with E-state index in [1.54, 1.807) is 0 Å².